The second-order valence-corrected chi connectivity index (χ2v) is 5.37. The van der Waals surface area contributed by atoms with E-state index >= 15 is 0 Å². The normalized spacial score (nSPS) is 15.3. The van der Waals surface area contributed by atoms with E-state index in [2.05, 4.69) is 0 Å². The molecule has 31 heavy (non-hydrogen) atoms. The monoisotopic (exact) mass is 498 g/mol. The van der Waals surface area contributed by atoms with Crippen LogP contribution in [0.3, 0.4) is 0 Å². The van der Waals surface area contributed by atoms with Crippen molar-refractivity contribution in [1.29, 1.82) is 0 Å². The second-order valence-electron chi connectivity index (χ2n) is 5.37. The van der Waals surface area contributed by atoms with Gasteiger partial charge in [0, 0.05) is 0 Å². The number of benzene rings is 1. The van der Waals surface area contributed by atoms with Crippen LogP contribution >= 0.6 is 0 Å². The van der Waals surface area contributed by atoms with Crippen LogP contribution in [0.4, 0.5) is 79.0 Å². The maximum atomic E-state index is 13.6. The Morgan fingerprint density at radius 1 is 0.452 bits per heavy atom. The summed E-state index contributed by atoms with van der Waals surface area (Å²) in [6.45, 7) is 0. The van der Waals surface area contributed by atoms with Gasteiger partial charge >= 0.3 is 29.9 Å². The highest BCUT2D eigenvalue weighted by Gasteiger charge is 2.88. The lowest BCUT2D eigenvalue weighted by Crippen LogP contribution is -2.66. The number of hydrogen-bond acceptors (Lipinski definition) is 0. The molecule has 178 valence electrons. The third kappa shape index (κ3) is 3.56. The summed E-state index contributed by atoms with van der Waals surface area (Å²) in [5.41, 5.74) is -3.37. The molecule has 0 aliphatic carbocycles. The summed E-state index contributed by atoms with van der Waals surface area (Å²) in [5.74, 6) is -57.7. The van der Waals surface area contributed by atoms with Crippen molar-refractivity contribution in [2.75, 3.05) is 0 Å². The molecule has 0 fully saturated rings. The highest BCUT2D eigenvalue weighted by molar-refractivity contribution is 5.64. The zero-order chi connectivity index (χ0) is 25.1. The van der Waals surface area contributed by atoms with Gasteiger partial charge in [0.15, 0.2) is 29.1 Å². The first-order valence-electron chi connectivity index (χ1n) is 6.65. The summed E-state index contributed by atoms with van der Waals surface area (Å²) in [7, 11) is 0. The van der Waals surface area contributed by atoms with E-state index in [1.807, 2.05) is 0 Å². The predicted octanol–water partition coefficient (Wildman–Crippen LogP) is 7.09. The fraction of sp³-hybridized carbons (Fsp3) is 0.385. The van der Waals surface area contributed by atoms with E-state index in [0.717, 1.165) is 0 Å². The van der Waals surface area contributed by atoms with E-state index in [4.69, 9.17) is 0 Å². The summed E-state index contributed by atoms with van der Waals surface area (Å²) in [6.07, 6.45) is -7.66. The lowest BCUT2D eigenvalue weighted by molar-refractivity contribution is -0.419. The average Bonchev–Trinajstić information content (AvgIpc) is 2.62. The molecule has 0 bridgehead atoms. The Morgan fingerprint density at radius 3 is 1.10 bits per heavy atom. The fourth-order valence-electron chi connectivity index (χ4n) is 1.76. The molecular weight excluding hydrogens is 498 g/mol. The van der Waals surface area contributed by atoms with Crippen molar-refractivity contribution in [2.45, 2.75) is 29.9 Å². The van der Waals surface area contributed by atoms with E-state index in [-0.39, 0.29) is 0 Å². The first-order chi connectivity index (χ1) is 13.5. The zero-order valence-corrected chi connectivity index (χ0v) is 13.3. The third-order valence-electron chi connectivity index (χ3n) is 3.44. The van der Waals surface area contributed by atoms with Crippen molar-refractivity contribution in [3.05, 3.63) is 40.5 Å². The molecule has 0 radical (unpaired) electrons. The van der Waals surface area contributed by atoms with Crippen LogP contribution in [0.5, 0.6) is 0 Å². The van der Waals surface area contributed by atoms with E-state index < -0.39 is 76.2 Å². The number of alkyl halides is 11. The van der Waals surface area contributed by atoms with E-state index in [9.17, 15) is 79.0 Å². The Bertz CT molecular complexity index is 875. The van der Waals surface area contributed by atoms with Crippen LogP contribution in [-0.2, 0) is 0 Å². The van der Waals surface area contributed by atoms with Gasteiger partial charge in [-0.05, 0) is 0 Å². The molecule has 18 heteroatoms. The molecule has 0 saturated carbocycles. The lowest BCUT2D eigenvalue weighted by Gasteiger charge is -2.36. The molecule has 0 spiro atoms. The quantitative estimate of drug-likeness (QED) is 0.231. The predicted molar refractivity (Wildman–Crippen MR) is 61.2 cm³/mol. The lowest BCUT2D eigenvalue weighted by atomic mass is 9.96. The van der Waals surface area contributed by atoms with E-state index in [0.29, 0.717) is 0 Å². The van der Waals surface area contributed by atoms with Gasteiger partial charge < -0.3 is 0 Å². The van der Waals surface area contributed by atoms with Crippen LogP contribution in [-0.4, -0.2) is 29.9 Å². The van der Waals surface area contributed by atoms with Crippen LogP contribution in [0, 0.1) is 29.1 Å². The van der Waals surface area contributed by atoms with Gasteiger partial charge in [-0.25, -0.2) is 30.7 Å². The third-order valence-corrected chi connectivity index (χ3v) is 3.44. The van der Waals surface area contributed by atoms with Gasteiger partial charge in [0.1, 0.15) is 0 Å². The van der Waals surface area contributed by atoms with Crippen molar-refractivity contribution in [2.24, 2.45) is 0 Å². The molecule has 1 aromatic rings. The maximum absolute atomic E-state index is 13.6. The molecule has 0 unspecified atom stereocenters. The van der Waals surface area contributed by atoms with Crippen LogP contribution in [0.25, 0.3) is 5.83 Å². The van der Waals surface area contributed by atoms with E-state index in [1.54, 1.807) is 0 Å². The summed E-state index contributed by atoms with van der Waals surface area (Å²) >= 11 is 0. The Balaban J connectivity index is 3.84. The van der Waals surface area contributed by atoms with Gasteiger partial charge in [0.05, 0.1) is 5.56 Å². The maximum Gasteiger partial charge on any atom is 0.460 e. The molecule has 0 aliphatic heterocycles. The summed E-state index contributed by atoms with van der Waals surface area (Å²) in [6, 6.07) is 0. The fourth-order valence-corrected chi connectivity index (χ4v) is 1.76. The Morgan fingerprint density at radius 2 is 0.774 bits per heavy atom. The van der Waals surface area contributed by atoms with Gasteiger partial charge in [0.2, 0.25) is 11.6 Å². The second kappa shape index (κ2) is 7.39. The number of rotatable bonds is 5. The Labute approximate surface area is 156 Å². The van der Waals surface area contributed by atoms with Crippen LogP contribution < -0.4 is 0 Å². The molecule has 0 N–H and O–H groups in total. The van der Waals surface area contributed by atoms with Crippen LogP contribution in [0.2, 0.25) is 0 Å². The van der Waals surface area contributed by atoms with Crippen molar-refractivity contribution in [3.63, 3.8) is 0 Å². The highest BCUT2D eigenvalue weighted by atomic mass is 19.4. The zero-order valence-electron chi connectivity index (χ0n) is 13.3. The number of hydrogen-bond donors (Lipinski definition) is 0. The highest BCUT2D eigenvalue weighted by Crippen LogP contribution is 2.59. The van der Waals surface area contributed by atoms with Crippen molar-refractivity contribution in [3.8, 4) is 0 Å². The molecule has 0 atom stereocenters. The molecule has 0 aromatic heterocycles. The molecule has 1 rings (SSSR count). The smallest absolute Gasteiger partial charge is 0.203 e. The van der Waals surface area contributed by atoms with Crippen molar-refractivity contribution >= 4 is 5.83 Å². The molecule has 1 aromatic carbocycles. The minimum absolute atomic E-state index is 3.11. The SMILES string of the molecule is FC(=C(F)C(F)(F)C(F)(F)C(F)(F)C(F)(F)C(F)(F)F)c1c(F)c(F)c(F)c(F)c1F. The van der Waals surface area contributed by atoms with E-state index in [1.165, 1.54) is 0 Å². The molecule has 0 amide bonds. The van der Waals surface area contributed by atoms with Crippen LogP contribution in [0.1, 0.15) is 5.56 Å². The first kappa shape index (κ1) is 26.7. The molecule has 0 heterocycles. The molecular formula is C13F18. The standard InChI is InChI=1S/C13F18/c14-2-1(3(15)6(18)7(19)5(2)17)4(16)8(20)9(21,22)10(23,24)11(25,26)12(27,28)13(29,30)31. The average molecular weight is 498 g/mol. The van der Waals surface area contributed by atoms with Gasteiger partial charge in [0.25, 0.3) is 0 Å². The number of allylic oxidation sites excluding steroid dienone is 1. The molecule has 0 saturated heterocycles. The van der Waals surface area contributed by atoms with Crippen molar-refractivity contribution < 1.29 is 79.0 Å². The Hall–Kier alpha value is -2.30. The van der Waals surface area contributed by atoms with Gasteiger partial charge in [-0.2, -0.15) is 48.3 Å². The molecule has 0 nitrogen and oxygen atoms in total. The van der Waals surface area contributed by atoms with Crippen LogP contribution in [0.15, 0.2) is 5.83 Å². The van der Waals surface area contributed by atoms with Gasteiger partial charge in [-0.1, -0.05) is 0 Å². The minimum Gasteiger partial charge on any atom is -0.203 e. The minimum atomic E-state index is -8.23. The molecule has 0 aliphatic rings. The first-order valence-corrected chi connectivity index (χ1v) is 6.65. The Kier molecular flexibility index (Phi) is 6.37. The topological polar surface area (TPSA) is 0 Å². The number of halogens is 18. The summed E-state index contributed by atoms with van der Waals surface area (Å²) in [4.78, 5) is 0. The van der Waals surface area contributed by atoms with Gasteiger partial charge in [-0.3, -0.25) is 0 Å². The largest absolute Gasteiger partial charge is 0.460 e. The van der Waals surface area contributed by atoms with Gasteiger partial charge in [-0.15, -0.1) is 0 Å². The summed E-state index contributed by atoms with van der Waals surface area (Å²) < 4.78 is 232. The summed E-state index contributed by atoms with van der Waals surface area (Å²) in [5, 5.41) is 0. The van der Waals surface area contributed by atoms with Crippen molar-refractivity contribution in [1.82, 2.24) is 0 Å².